The van der Waals surface area contributed by atoms with Crippen molar-refractivity contribution in [2.45, 2.75) is 17.1 Å². The number of hydrogen-bond donors (Lipinski definition) is 2. The number of H-pyrrole nitrogens is 1. The first-order valence-electron chi connectivity index (χ1n) is 10.0. The van der Waals surface area contributed by atoms with Gasteiger partial charge in [-0.2, -0.15) is 0 Å². The average molecular weight is 464 g/mol. The molecule has 162 valence electrons. The van der Waals surface area contributed by atoms with Crippen LogP contribution in [0.5, 0.6) is 0 Å². The quantitative estimate of drug-likeness (QED) is 0.398. The number of carboxylic acid groups (broad SMARTS) is 1. The number of nitrogens with one attached hydrogen (secondary N) is 1. The standard InChI is InChI=1S/C25H21NO4S2/c1-17(21-15-26-23-10-6-5-9-20(21)23)22(25(27)28)16-32(29,30)24-14-13-19(31-24)12-11-18-7-3-2-4-8-18/h2-10,13-15,17,22,26H,16H2,1H3,(H,27,28)/t17-,22-/m1/s1. The van der Waals surface area contributed by atoms with E-state index >= 15 is 0 Å². The molecule has 2 aromatic heterocycles. The molecule has 2 aromatic carbocycles. The summed E-state index contributed by atoms with van der Waals surface area (Å²) in [4.78, 5) is 15.8. The fourth-order valence-corrected chi connectivity index (χ4v) is 6.56. The molecule has 2 heterocycles. The summed E-state index contributed by atoms with van der Waals surface area (Å²) in [5.41, 5.74) is 2.52. The van der Waals surface area contributed by atoms with E-state index in [2.05, 4.69) is 16.8 Å². The van der Waals surface area contributed by atoms with E-state index < -0.39 is 33.4 Å². The first kappa shape index (κ1) is 21.9. The van der Waals surface area contributed by atoms with Gasteiger partial charge in [-0.15, -0.1) is 11.3 Å². The van der Waals surface area contributed by atoms with E-state index in [-0.39, 0.29) is 4.21 Å². The molecule has 32 heavy (non-hydrogen) atoms. The van der Waals surface area contributed by atoms with E-state index in [1.54, 1.807) is 19.2 Å². The van der Waals surface area contributed by atoms with Crippen molar-refractivity contribution < 1.29 is 18.3 Å². The summed E-state index contributed by atoms with van der Waals surface area (Å²) >= 11 is 1.06. The van der Waals surface area contributed by atoms with Crippen molar-refractivity contribution in [1.29, 1.82) is 0 Å². The Balaban J connectivity index is 1.58. The van der Waals surface area contributed by atoms with Crippen molar-refractivity contribution in [1.82, 2.24) is 4.98 Å². The summed E-state index contributed by atoms with van der Waals surface area (Å²) in [7, 11) is -3.80. The monoisotopic (exact) mass is 463 g/mol. The molecule has 0 spiro atoms. The van der Waals surface area contributed by atoms with Crippen LogP contribution in [0.4, 0.5) is 0 Å². The molecule has 0 aliphatic heterocycles. The van der Waals surface area contributed by atoms with Gasteiger partial charge < -0.3 is 10.1 Å². The van der Waals surface area contributed by atoms with Gasteiger partial charge in [-0.05, 0) is 41.8 Å². The third-order valence-corrected chi connectivity index (χ3v) is 8.78. The van der Waals surface area contributed by atoms with Crippen molar-refractivity contribution >= 4 is 38.0 Å². The van der Waals surface area contributed by atoms with Crippen LogP contribution >= 0.6 is 11.3 Å². The number of para-hydroxylation sites is 1. The zero-order chi connectivity index (χ0) is 22.7. The minimum absolute atomic E-state index is 0.132. The highest BCUT2D eigenvalue weighted by molar-refractivity contribution is 7.93. The van der Waals surface area contributed by atoms with Gasteiger partial charge >= 0.3 is 5.97 Å². The summed E-state index contributed by atoms with van der Waals surface area (Å²) in [6, 6.07) is 20.2. The molecule has 0 saturated heterocycles. The number of carbonyl (C=O) groups is 1. The summed E-state index contributed by atoms with van der Waals surface area (Å²) in [5.74, 6) is 2.80. The highest BCUT2D eigenvalue weighted by Gasteiger charge is 2.33. The number of aliphatic carboxylic acids is 1. The Bertz CT molecular complexity index is 1420. The highest BCUT2D eigenvalue weighted by atomic mass is 32.2. The number of thiophene rings is 1. The van der Waals surface area contributed by atoms with Crippen LogP contribution in [0.1, 0.15) is 28.8 Å². The number of rotatable bonds is 6. The molecule has 4 rings (SSSR count). The normalized spacial score (nSPS) is 13.3. The molecule has 4 aromatic rings. The smallest absolute Gasteiger partial charge is 0.308 e. The molecule has 2 N–H and O–H groups in total. The summed E-state index contributed by atoms with van der Waals surface area (Å²) in [6.07, 6.45) is 1.76. The lowest BCUT2D eigenvalue weighted by atomic mass is 9.88. The molecule has 0 bridgehead atoms. The molecule has 0 aliphatic rings. The molecular formula is C25H21NO4S2. The first-order valence-corrected chi connectivity index (χ1v) is 12.5. The van der Waals surface area contributed by atoms with Crippen LogP contribution < -0.4 is 0 Å². The number of sulfone groups is 1. The number of carboxylic acids is 1. The Morgan fingerprint density at radius 2 is 1.75 bits per heavy atom. The largest absolute Gasteiger partial charge is 0.481 e. The lowest BCUT2D eigenvalue weighted by molar-refractivity contribution is -0.141. The second kappa shape index (κ2) is 9.03. The molecule has 0 aliphatic carbocycles. The molecule has 0 unspecified atom stereocenters. The van der Waals surface area contributed by atoms with Gasteiger partial charge in [0.15, 0.2) is 9.84 Å². The number of aromatic amines is 1. The Hall–Kier alpha value is -3.34. The van der Waals surface area contributed by atoms with Crippen molar-refractivity contribution in [2.75, 3.05) is 5.75 Å². The lowest BCUT2D eigenvalue weighted by Gasteiger charge is -2.19. The van der Waals surface area contributed by atoms with Gasteiger partial charge in [0.05, 0.1) is 16.5 Å². The van der Waals surface area contributed by atoms with Gasteiger partial charge in [-0.25, -0.2) is 8.42 Å². The predicted octanol–water partition coefficient (Wildman–Crippen LogP) is 4.91. The molecular weight excluding hydrogens is 442 g/mol. The summed E-state index contributed by atoms with van der Waals surface area (Å²) < 4.78 is 26.3. The molecule has 0 radical (unpaired) electrons. The second-order valence-corrected chi connectivity index (χ2v) is 10.9. The van der Waals surface area contributed by atoms with Crippen LogP contribution in [-0.4, -0.2) is 30.2 Å². The minimum atomic E-state index is -3.80. The van der Waals surface area contributed by atoms with E-state index in [1.165, 1.54) is 6.07 Å². The fraction of sp³-hybridized carbons (Fsp3) is 0.160. The van der Waals surface area contributed by atoms with Crippen molar-refractivity contribution in [2.24, 2.45) is 5.92 Å². The summed E-state index contributed by atoms with van der Waals surface area (Å²) in [6.45, 7) is 1.76. The van der Waals surface area contributed by atoms with Crippen LogP contribution in [0.2, 0.25) is 0 Å². The van der Waals surface area contributed by atoms with Crippen LogP contribution in [0, 0.1) is 17.8 Å². The maximum absolute atomic E-state index is 13.1. The number of hydrogen-bond acceptors (Lipinski definition) is 4. The van der Waals surface area contributed by atoms with Crippen LogP contribution in [0.25, 0.3) is 10.9 Å². The second-order valence-electron chi connectivity index (χ2n) is 7.54. The van der Waals surface area contributed by atoms with Gasteiger partial charge in [0.1, 0.15) is 4.21 Å². The number of fused-ring (bicyclic) bond motifs is 1. The third kappa shape index (κ3) is 4.62. The van der Waals surface area contributed by atoms with Gasteiger partial charge in [-0.1, -0.05) is 55.2 Å². The molecule has 0 amide bonds. The van der Waals surface area contributed by atoms with E-state index in [9.17, 15) is 18.3 Å². The molecule has 2 atom stereocenters. The first-order chi connectivity index (χ1) is 15.3. The maximum Gasteiger partial charge on any atom is 0.308 e. The topological polar surface area (TPSA) is 87.2 Å². The Morgan fingerprint density at radius 3 is 2.50 bits per heavy atom. The van der Waals surface area contributed by atoms with Gasteiger partial charge in [0.2, 0.25) is 0 Å². The SMILES string of the molecule is C[C@H](c1c[nH]c2ccccc12)[C@@H](CS(=O)(=O)c1ccc(C#Cc2ccccc2)s1)C(=O)O. The van der Waals surface area contributed by atoms with Crippen LogP contribution in [0.15, 0.2) is 77.1 Å². The van der Waals surface area contributed by atoms with Crippen molar-refractivity contribution in [3.8, 4) is 11.8 Å². The molecule has 0 fully saturated rings. The van der Waals surface area contributed by atoms with Gasteiger partial charge in [-0.3, -0.25) is 4.79 Å². The molecule has 5 nitrogen and oxygen atoms in total. The van der Waals surface area contributed by atoms with E-state index in [1.807, 2.05) is 54.6 Å². The van der Waals surface area contributed by atoms with Gasteiger partial charge in [0, 0.05) is 22.7 Å². The number of aromatic nitrogens is 1. The Labute approximate surface area is 190 Å². The van der Waals surface area contributed by atoms with Gasteiger partial charge in [0.25, 0.3) is 0 Å². The third-order valence-electron chi connectivity index (χ3n) is 5.42. The van der Waals surface area contributed by atoms with Crippen LogP contribution in [0.3, 0.4) is 0 Å². The van der Waals surface area contributed by atoms with E-state index in [4.69, 9.17) is 0 Å². The minimum Gasteiger partial charge on any atom is -0.481 e. The molecule has 0 saturated carbocycles. The Kier molecular flexibility index (Phi) is 6.17. The van der Waals surface area contributed by atoms with Crippen molar-refractivity contribution in [3.63, 3.8) is 0 Å². The average Bonchev–Trinajstić information content (AvgIpc) is 3.44. The predicted molar refractivity (Wildman–Crippen MR) is 127 cm³/mol. The summed E-state index contributed by atoms with van der Waals surface area (Å²) in [5, 5.41) is 10.7. The van der Waals surface area contributed by atoms with E-state index in [0.29, 0.717) is 4.88 Å². The zero-order valence-corrected chi connectivity index (χ0v) is 18.9. The van der Waals surface area contributed by atoms with Crippen LogP contribution in [-0.2, 0) is 14.6 Å². The Morgan fingerprint density at radius 1 is 1.03 bits per heavy atom. The number of benzene rings is 2. The zero-order valence-electron chi connectivity index (χ0n) is 17.3. The molecule has 7 heteroatoms. The van der Waals surface area contributed by atoms with Crippen molar-refractivity contribution in [3.05, 3.63) is 88.9 Å². The fourth-order valence-electron chi connectivity index (χ4n) is 3.65. The highest BCUT2D eigenvalue weighted by Crippen LogP contribution is 2.33. The lowest BCUT2D eigenvalue weighted by Crippen LogP contribution is -2.28. The maximum atomic E-state index is 13.1. The van der Waals surface area contributed by atoms with E-state index in [0.717, 1.165) is 33.4 Å².